The highest BCUT2D eigenvalue weighted by atomic mass is 32.1. The lowest BCUT2D eigenvalue weighted by Crippen LogP contribution is -2.48. The van der Waals surface area contributed by atoms with E-state index in [1.807, 2.05) is 49.9 Å². The van der Waals surface area contributed by atoms with E-state index in [9.17, 15) is 9.59 Å². The molecule has 1 atom stereocenters. The third-order valence-corrected chi connectivity index (χ3v) is 6.49. The molecule has 1 aliphatic heterocycles. The number of thiophene rings is 1. The summed E-state index contributed by atoms with van der Waals surface area (Å²) in [6.07, 6.45) is 1.66. The summed E-state index contributed by atoms with van der Waals surface area (Å²) in [6.45, 7) is 7.46. The van der Waals surface area contributed by atoms with Crippen LogP contribution in [0.4, 0.5) is 0 Å². The number of rotatable bonds is 9. The van der Waals surface area contributed by atoms with Gasteiger partial charge < -0.3 is 19.3 Å². The van der Waals surface area contributed by atoms with E-state index in [0.717, 1.165) is 24.2 Å². The maximum atomic E-state index is 13.3. The first-order valence-corrected chi connectivity index (χ1v) is 11.7. The number of carbonyl (C=O) groups excluding carboxylic acids is 2. The Morgan fingerprint density at radius 2 is 2.03 bits per heavy atom. The molecule has 0 N–H and O–H groups in total. The van der Waals surface area contributed by atoms with Crippen LogP contribution in [-0.4, -0.2) is 55.0 Å². The van der Waals surface area contributed by atoms with Crippen molar-refractivity contribution in [3.05, 3.63) is 46.2 Å². The summed E-state index contributed by atoms with van der Waals surface area (Å²) < 4.78 is 11.4. The number of ether oxygens (including phenoxy) is 2. The number of hydrogen-bond acceptors (Lipinski definition) is 5. The maximum Gasteiger partial charge on any atom is 0.242 e. The second kappa shape index (κ2) is 10.7. The molecule has 0 saturated heterocycles. The van der Waals surface area contributed by atoms with Crippen LogP contribution in [0.1, 0.15) is 43.7 Å². The molecule has 0 unspecified atom stereocenters. The van der Waals surface area contributed by atoms with Crippen molar-refractivity contribution in [2.75, 3.05) is 33.4 Å². The average molecular weight is 445 g/mol. The normalized spacial score (nSPS) is 15.5. The molecule has 1 aliphatic rings. The minimum absolute atomic E-state index is 0.0209. The van der Waals surface area contributed by atoms with E-state index >= 15 is 0 Å². The average Bonchev–Trinajstić information content (AvgIpc) is 3.25. The Hall–Kier alpha value is -2.54. The smallest absolute Gasteiger partial charge is 0.242 e. The van der Waals surface area contributed by atoms with Crippen LogP contribution in [0.3, 0.4) is 0 Å². The Morgan fingerprint density at radius 3 is 2.74 bits per heavy atom. The molecule has 0 bridgehead atoms. The molecule has 2 amide bonds. The maximum absolute atomic E-state index is 13.3. The Balaban J connectivity index is 1.77. The van der Waals surface area contributed by atoms with Gasteiger partial charge in [0.05, 0.1) is 19.7 Å². The summed E-state index contributed by atoms with van der Waals surface area (Å²) in [7, 11) is 1.62. The Labute approximate surface area is 188 Å². The number of hydrogen-bond donors (Lipinski definition) is 0. The zero-order chi connectivity index (χ0) is 22.4. The van der Waals surface area contributed by atoms with Crippen molar-refractivity contribution in [2.45, 2.75) is 39.7 Å². The topological polar surface area (TPSA) is 59.1 Å². The Morgan fingerprint density at radius 1 is 1.26 bits per heavy atom. The molecule has 6 nitrogen and oxygen atoms in total. The van der Waals surface area contributed by atoms with Crippen molar-refractivity contribution in [2.24, 2.45) is 5.92 Å². The number of carbonyl (C=O) groups is 2. The molecule has 1 aromatic carbocycles. The SMILES string of the molecule is CCCN(CC(=O)N1CCc2sccc2[C@@H]1COc1cccc(OC)c1)C(=O)C(C)C. The van der Waals surface area contributed by atoms with Gasteiger partial charge in [-0.25, -0.2) is 0 Å². The molecule has 1 aromatic heterocycles. The molecule has 0 radical (unpaired) electrons. The van der Waals surface area contributed by atoms with Crippen LogP contribution in [0.25, 0.3) is 0 Å². The fourth-order valence-electron chi connectivity index (χ4n) is 3.90. The second-order valence-corrected chi connectivity index (χ2v) is 9.06. The quantitative estimate of drug-likeness (QED) is 0.583. The van der Waals surface area contributed by atoms with Gasteiger partial charge in [-0.15, -0.1) is 11.3 Å². The summed E-state index contributed by atoms with van der Waals surface area (Å²) in [5.74, 6) is 1.30. The van der Waals surface area contributed by atoms with Crippen molar-refractivity contribution in [1.29, 1.82) is 0 Å². The summed E-state index contributed by atoms with van der Waals surface area (Å²) in [4.78, 5) is 30.8. The lowest BCUT2D eigenvalue weighted by molar-refractivity contribution is -0.144. The molecular weight excluding hydrogens is 412 g/mol. The third-order valence-electron chi connectivity index (χ3n) is 5.49. The van der Waals surface area contributed by atoms with Gasteiger partial charge in [0.15, 0.2) is 0 Å². The molecule has 31 heavy (non-hydrogen) atoms. The zero-order valence-electron chi connectivity index (χ0n) is 18.8. The van der Waals surface area contributed by atoms with E-state index in [-0.39, 0.29) is 30.3 Å². The van der Waals surface area contributed by atoms with Gasteiger partial charge in [0.2, 0.25) is 11.8 Å². The summed E-state index contributed by atoms with van der Waals surface area (Å²) in [6, 6.07) is 9.39. The fraction of sp³-hybridized carbons (Fsp3) is 0.500. The minimum atomic E-state index is -0.175. The van der Waals surface area contributed by atoms with Crippen LogP contribution in [0.15, 0.2) is 35.7 Å². The predicted molar refractivity (Wildman–Crippen MR) is 123 cm³/mol. The Bertz CT molecular complexity index is 895. The first-order chi connectivity index (χ1) is 14.9. The summed E-state index contributed by atoms with van der Waals surface area (Å²) in [5.41, 5.74) is 1.14. The van der Waals surface area contributed by atoms with Crippen LogP contribution in [0, 0.1) is 5.92 Å². The molecule has 0 spiro atoms. The standard InChI is InChI=1S/C24H32N2O4S/c1-5-11-25(24(28)17(2)3)15-23(27)26-12-9-22-20(10-13-31-22)21(26)16-30-19-8-6-7-18(14-19)29-4/h6-8,10,13-14,17,21H,5,9,11-12,15-16H2,1-4H3/t21-/m0/s1. The third kappa shape index (κ3) is 5.58. The van der Waals surface area contributed by atoms with Crippen molar-refractivity contribution < 1.29 is 19.1 Å². The van der Waals surface area contributed by atoms with E-state index in [2.05, 4.69) is 11.4 Å². The van der Waals surface area contributed by atoms with Crippen LogP contribution in [0.5, 0.6) is 11.5 Å². The van der Waals surface area contributed by atoms with Gasteiger partial charge in [0.1, 0.15) is 18.1 Å². The highest BCUT2D eigenvalue weighted by molar-refractivity contribution is 7.10. The van der Waals surface area contributed by atoms with Crippen LogP contribution >= 0.6 is 11.3 Å². The second-order valence-electron chi connectivity index (χ2n) is 8.06. The molecule has 2 aromatic rings. The fourth-order valence-corrected chi connectivity index (χ4v) is 4.83. The number of amides is 2. The van der Waals surface area contributed by atoms with Crippen molar-refractivity contribution in [3.63, 3.8) is 0 Å². The van der Waals surface area contributed by atoms with E-state index in [1.54, 1.807) is 23.3 Å². The number of benzene rings is 1. The summed E-state index contributed by atoms with van der Waals surface area (Å²) in [5, 5.41) is 2.07. The summed E-state index contributed by atoms with van der Waals surface area (Å²) >= 11 is 1.72. The minimum Gasteiger partial charge on any atom is -0.497 e. The van der Waals surface area contributed by atoms with Gasteiger partial charge >= 0.3 is 0 Å². The van der Waals surface area contributed by atoms with E-state index in [1.165, 1.54) is 4.88 Å². The number of nitrogens with zero attached hydrogens (tertiary/aromatic N) is 2. The highest BCUT2D eigenvalue weighted by Crippen LogP contribution is 2.34. The zero-order valence-corrected chi connectivity index (χ0v) is 19.6. The van der Waals surface area contributed by atoms with E-state index < -0.39 is 0 Å². The lowest BCUT2D eigenvalue weighted by atomic mass is 10.00. The van der Waals surface area contributed by atoms with Gasteiger partial charge in [-0.05, 0) is 42.0 Å². The first-order valence-electron chi connectivity index (χ1n) is 10.9. The molecule has 3 rings (SSSR count). The van der Waals surface area contributed by atoms with Gasteiger partial charge in [0, 0.05) is 30.0 Å². The molecule has 7 heteroatoms. The number of fused-ring (bicyclic) bond motifs is 1. The first kappa shape index (κ1) is 23.1. The molecule has 0 aliphatic carbocycles. The largest absolute Gasteiger partial charge is 0.497 e. The molecule has 0 saturated carbocycles. The molecular formula is C24H32N2O4S. The van der Waals surface area contributed by atoms with Gasteiger partial charge in [-0.1, -0.05) is 26.8 Å². The van der Waals surface area contributed by atoms with Crippen LogP contribution in [0.2, 0.25) is 0 Å². The molecule has 2 heterocycles. The van der Waals surface area contributed by atoms with Gasteiger partial charge in [-0.2, -0.15) is 0 Å². The van der Waals surface area contributed by atoms with Crippen LogP contribution < -0.4 is 9.47 Å². The number of methoxy groups -OCH3 is 1. The van der Waals surface area contributed by atoms with Crippen LogP contribution in [-0.2, 0) is 16.0 Å². The Kier molecular flexibility index (Phi) is 7.96. The van der Waals surface area contributed by atoms with Gasteiger partial charge in [-0.3, -0.25) is 9.59 Å². The van der Waals surface area contributed by atoms with E-state index in [4.69, 9.17) is 9.47 Å². The van der Waals surface area contributed by atoms with Crippen molar-refractivity contribution in [1.82, 2.24) is 9.80 Å². The highest BCUT2D eigenvalue weighted by Gasteiger charge is 2.33. The van der Waals surface area contributed by atoms with Crippen molar-refractivity contribution >= 4 is 23.2 Å². The lowest BCUT2D eigenvalue weighted by Gasteiger charge is -2.37. The van der Waals surface area contributed by atoms with Gasteiger partial charge in [0.25, 0.3) is 0 Å². The predicted octanol–water partition coefficient (Wildman–Crippen LogP) is 4.16. The molecule has 0 fully saturated rings. The van der Waals surface area contributed by atoms with Crippen molar-refractivity contribution in [3.8, 4) is 11.5 Å². The monoisotopic (exact) mass is 444 g/mol. The van der Waals surface area contributed by atoms with E-state index in [0.29, 0.717) is 25.4 Å². The molecule has 168 valence electrons.